The second kappa shape index (κ2) is 8.24. The van der Waals surface area contributed by atoms with Crippen LogP contribution < -0.4 is 5.32 Å². The molecule has 4 aromatic rings. The molecule has 2 aromatic carbocycles. The molecule has 29 heavy (non-hydrogen) atoms. The normalized spacial score (nSPS) is 13.7. The molecule has 1 aliphatic heterocycles. The van der Waals surface area contributed by atoms with Gasteiger partial charge in [0.1, 0.15) is 10.0 Å². The average Bonchev–Trinajstić information content (AvgIpc) is 3.28. The summed E-state index contributed by atoms with van der Waals surface area (Å²) in [4.78, 5) is 21.3. The number of para-hydroxylation sites is 1. The quantitative estimate of drug-likeness (QED) is 0.444. The fourth-order valence-corrected chi connectivity index (χ4v) is 6.02. The summed E-state index contributed by atoms with van der Waals surface area (Å²) < 4.78 is 1.17. The zero-order valence-electron chi connectivity index (χ0n) is 15.8. The molecule has 0 saturated carbocycles. The van der Waals surface area contributed by atoms with Crippen LogP contribution in [0, 0.1) is 0 Å². The molecule has 0 radical (unpaired) electrons. The molecule has 2 aromatic heterocycles. The lowest BCUT2D eigenvalue weighted by molar-refractivity contribution is 0.102. The van der Waals surface area contributed by atoms with E-state index < -0.39 is 0 Å². The van der Waals surface area contributed by atoms with E-state index in [2.05, 4.69) is 23.3 Å². The minimum absolute atomic E-state index is 0. The third-order valence-electron chi connectivity index (χ3n) is 5.02. The van der Waals surface area contributed by atoms with Crippen LogP contribution >= 0.6 is 35.1 Å². The fourth-order valence-electron chi connectivity index (χ4n) is 3.59. The standard InChI is InChI=1S/C22H19N3OS2.ClH/c1-25-12-11-15-18(13-25)28-22(24-20(26)14-7-3-2-4-8-14)19(15)21-23-16-9-5-6-10-17(16)27-21;/h2-10H,11-13H2,1H3,(H,24,26);1H. The topological polar surface area (TPSA) is 45.2 Å². The van der Waals surface area contributed by atoms with Gasteiger partial charge in [-0.2, -0.15) is 0 Å². The molecule has 1 amide bonds. The van der Waals surface area contributed by atoms with Gasteiger partial charge in [0.2, 0.25) is 0 Å². The second-order valence-electron chi connectivity index (χ2n) is 7.00. The first kappa shape index (κ1) is 20.0. The van der Waals surface area contributed by atoms with Gasteiger partial charge in [-0.3, -0.25) is 4.79 Å². The van der Waals surface area contributed by atoms with Gasteiger partial charge in [-0.05, 0) is 43.3 Å². The molecule has 0 unspecified atom stereocenters. The van der Waals surface area contributed by atoms with E-state index in [4.69, 9.17) is 4.98 Å². The lowest BCUT2D eigenvalue weighted by atomic mass is 10.0. The monoisotopic (exact) mass is 441 g/mol. The molecule has 4 nitrogen and oxygen atoms in total. The largest absolute Gasteiger partial charge is 0.313 e. The molecule has 0 spiro atoms. The molecule has 1 N–H and O–H groups in total. The molecule has 0 saturated heterocycles. The summed E-state index contributed by atoms with van der Waals surface area (Å²) in [5.41, 5.74) is 4.13. The predicted octanol–water partition coefficient (Wildman–Crippen LogP) is 5.69. The van der Waals surface area contributed by atoms with Crippen molar-refractivity contribution in [2.24, 2.45) is 0 Å². The minimum atomic E-state index is -0.0742. The van der Waals surface area contributed by atoms with Crippen molar-refractivity contribution in [3.8, 4) is 10.6 Å². The van der Waals surface area contributed by atoms with Gasteiger partial charge >= 0.3 is 0 Å². The van der Waals surface area contributed by atoms with Gasteiger partial charge in [0.25, 0.3) is 5.91 Å². The van der Waals surface area contributed by atoms with Crippen molar-refractivity contribution in [3.63, 3.8) is 0 Å². The zero-order chi connectivity index (χ0) is 19.1. The summed E-state index contributed by atoms with van der Waals surface area (Å²) in [6.45, 7) is 1.94. The highest BCUT2D eigenvalue weighted by Crippen LogP contribution is 2.45. The second-order valence-corrected chi connectivity index (χ2v) is 9.14. The van der Waals surface area contributed by atoms with Crippen molar-refractivity contribution in [1.82, 2.24) is 9.88 Å². The maximum absolute atomic E-state index is 12.8. The number of amides is 1. The van der Waals surface area contributed by atoms with Crippen molar-refractivity contribution in [1.29, 1.82) is 0 Å². The SMILES string of the molecule is CN1CCc2c(sc(NC(=O)c3ccccc3)c2-c2nc3ccccc3s2)C1.Cl. The fraction of sp³-hybridized carbons (Fsp3) is 0.182. The Kier molecular flexibility index (Phi) is 5.69. The number of carbonyl (C=O) groups is 1. The Morgan fingerprint density at radius 3 is 2.62 bits per heavy atom. The van der Waals surface area contributed by atoms with Gasteiger partial charge in [-0.15, -0.1) is 35.1 Å². The number of thiazole rings is 1. The van der Waals surface area contributed by atoms with Gasteiger partial charge < -0.3 is 10.2 Å². The molecule has 7 heteroatoms. The Balaban J connectivity index is 0.00000205. The Labute approximate surface area is 183 Å². The molecule has 1 aliphatic rings. The van der Waals surface area contributed by atoms with Crippen molar-refractivity contribution in [2.45, 2.75) is 13.0 Å². The van der Waals surface area contributed by atoms with E-state index >= 15 is 0 Å². The number of nitrogens with one attached hydrogen (secondary N) is 1. The number of benzene rings is 2. The molecule has 148 valence electrons. The molecule has 0 fully saturated rings. The molecular weight excluding hydrogens is 422 g/mol. The first-order valence-electron chi connectivity index (χ1n) is 9.24. The van der Waals surface area contributed by atoms with Gasteiger partial charge in [0.15, 0.2) is 0 Å². The number of halogens is 1. The summed E-state index contributed by atoms with van der Waals surface area (Å²) in [6, 6.07) is 17.6. The van der Waals surface area contributed by atoms with Crippen LogP contribution in [0.3, 0.4) is 0 Å². The van der Waals surface area contributed by atoms with Crippen LogP contribution in [0.15, 0.2) is 54.6 Å². The summed E-state index contributed by atoms with van der Waals surface area (Å²) in [7, 11) is 2.14. The number of likely N-dealkylation sites (N-methyl/N-ethyl adjacent to an activating group) is 1. The number of rotatable bonds is 3. The maximum Gasteiger partial charge on any atom is 0.256 e. The van der Waals surface area contributed by atoms with Crippen LogP contribution in [0.2, 0.25) is 0 Å². The molecular formula is C22H20ClN3OS2. The molecule has 0 bridgehead atoms. The summed E-state index contributed by atoms with van der Waals surface area (Å²) in [6.07, 6.45) is 0.981. The van der Waals surface area contributed by atoms with E-state index in [-0.39, 0.29) is 18.3 Å². The van der Waals surface area contributed by atoms with Crippen molar-refractivity contribution in [3.05, 3.63) is 70.6 Å². The summed E-state index contributed by atoms with van der Waals surface area (Å²) >= 11 is 3.38. The van der Waals surface area contributed by atoms with Gasteiger partial charge in [0.05, 0.1) is 10.2 Å². The van der Waals surface area contributed by atoms with Crippen LogP contribution in [-0.4, -0.2) is 29.4 Å². The van der Waals surface area contributed by atoms with E-state index in [9.17, 15) is 4.79 Å². The first-order chi connectivity index (χ1) is 13.7. The zero-order valence-corrected chi connectivity index (χ0v) is 18.3. The third kappa shape index (κ3) is 3.81. The van der Waals surface area contributed by atoms with Crippen molar-refractivity contribution < 1.29 is 4.79 Å². The van der Waals surface area contributed by atoms with E-state index in [0.717, 1.165) is 40.6 Å². The van der Waals surface area contributed by atoms with Gasteiger partial charge in [-0.25, -0.2) is 4.98 Å². The van der Waals surface area contributed by atoms with Gasteiger partial charge in [-0.1, -0.05) is 30.3 Å². The molecule has 3 heterocycles. The number of aromatic nitrogens is 1. The Hall–Kier alpha value is -2.25. The van der Waals surface area contributed by atoms with Crippen LogP contribution in [0.4, 0.5) is 5.00 Å². The van der Waals surface area contributed by atoms with E-state index in [0.29, 0.717) is 5.56 Å². The maximum atomic E-state index is 12.8. The smallest absolute Gasteiger partial charge is 0.256 e. The number of carbonyl (C=O) groups excluding carboxylic acids is 1. The number of anilines is 1. The number of hydrogen-bond acceptors (Lipinski definition) is 5. The molecule has 0 atom stereocenters. The number of thiophene rings is 1. The van der Waals surface area contributed by atoms with Crippen LogP contribution in [0.1, 0.15) is 20.8 Å². The Bertz CT molecular complexity index is 1140. The average molecular weight is 442 g/mol. The molecule has 5 rings (SSSR count). The lowest BCUT2D eigenvalue weighted by Crippen LogP contribution is -2.25. The van der Waals surface area contributed by atoms with Gasteiger partial charge in [0, 0.05) is 29.1 Å². The highest BCUT2D eigenvalue weighted by molar-refractivity contribution is 7.22. The summed E-state index contributed by atoms with van der Waals surface area (Å²) in [5.74, 6) is -0.0742. The Morgan fingerprint density at radius 2 is 1.83 bits per heavy atom. The third-order valence-corrected chi connectivity index (χ3v) is 7.20. The van der Waals surface area contributed by atoms with Crippen LogP contribution in [0.5, 0.6) is 0 Å². The highest BCUT2D eigenvalue weighted by Gasteiger charge is 2.26. The predicted molar refractivity (Wildman–Crippen MR) is 125 cm³/mol. The molecule has 0 aliphatic carbocycles. The minimum Gasteiger partial charge on any atom is -0.313 e. The number of fused-ring (bicyclic) bond motifs is 2. The highest BCUT2D eigenvalue weighted by atomic mass is 35.5. The van der Waals surface area contributed by atoms with Crippen molar-refractivity contribution in [2.75, 3.05) is 18.9 Å². The van der Waals surface area contributed by atoms with Crippen LogP contribution in [0.25, 0.3) is 20.8 Å². The van der Waals surface area contributed by atoms with Crippen molar-refractivity contribution >= 4 is 56.2 Å². The van der Waals surface area contributed by atoms with E-state index in [1.54, 1.807) is 22.7 Å². The van der Waals surface area contributed by atoms with Crippen LogP contribution in [-0.2, 0) is 13.0 Å². The van der Waals surface area contributed by atoms with E-state index in [1.807, 2.05) is 48.5 Å². The first-order valence-corrected chi connectivity index (χ1v) is 10.9. The van der Waals surface area contributed by atoms with E-state index in [1.165, 1.54) is 15.1 Å². The number of hydrogen-bond donors (Lipinski definition) is 1. The number of nitrogens with zero attached hydrogens (tertiary/aromatic N) is 2. The summed E-state index contributed by atoms with van der Waals surface area (Å²) in [5, 5.41) is 5.07. The Morgan fingerprint density at radius 1 is 1.07 bits per heavy atom. The lowest BCUT2D eigenvalue weighted by Gasteiger charge is -2.22.